The molecule has 1 aromatic carbocycles. The lowest BCUT2D eigenvalue weighted by atomic mass is 9.96. The van der Waals surface area contributed by atoms with E-state index in [1.165, 1.54) is 30.6 Å². The minimum atomic E-state index is -0.194. The lowest BCUT2D eigenvalue weighted by Gasteiger charge is -2.22. The quantitative estimate of drug-likeness (QED) is 0.652. The van der Waals surface area contributed by atoms with Crippen LogP contribution >= 0.6 is 11.3 Å². The molecule has 150 valence electrons. The molecule has 0 atom stereocenters. The van der Waals surface area contributed by atoms with Gasteiger partial charge in [-0.3, -0.25) is 10.1 Å². The number of benzene rings is 1. The number of rotatable bonds is 6. The van der Waals surface area contributed by atoms with Crippen LogP contribution in [-0.4, -0.2) is 23.0 Å². The van der Waals surface area contributed by atoms with E-state index >= 15 is 0 Å². The number of carbonyl (C=O) groups is 2. The smallest absolute Gasteiger partial charge is 0.321 e. The van der Waals surface area contributed by atoms with Gasteiger partial charge >= 0.3 is 6.03 Å². The molecule has 0 radical (unpaired) electrons. The average molecular weight is 401 g/mol. The fourth-order valence-corrected chi connectivity index (χ4v) is 4.11. The molecule has 3 N–H and O–H groups in total. The fraction of sp³-hybridized carbons (Fsp3) is 0.476. The van der Waals surface area contributed by atoms with E-state index in [9.17, 15) is 9.59 Å². The Kier molecular flexibility index (Phi) is 7.03. The zero-order valence-electron chi connectivity index (χ0n) is 16.5. The third-order valence-electron chi connectivity index (χ3n) is 4.99. The highest BCUT2D eigenvalue weighted by molar-refractivity contribution is 7.13. The number of anilines is 2. The summed E-state index contributed by atoms with van der Waals surface area (Å²) in [6.45, 7) is 3.98. The summed E-state index contributed by atoms with van der Waals surface area (Å²) < 4.78 is 0. The van der Waals surface area contributed by atoms with Gasteiger partial charge < -0.3 is 10.6 Å². The summed E-state index contributed by atoms with van der Waals surface area (Å²) in [6.07, 6.45) is 6.60. The summed E-state index contributed by atoms with van der Waals surface area (Å²) in [4.78, 5) is 28.8. The van der Waals surface area contributed by atoms with Gasteiger partial charge in [0.05, 0.1) is 5.69 Å². The van der Waals surface area contributed by atoms with E-state index in [1.807, 2.05) is 37.4 Å². The molecule has 7 heteroatoms. The van der Waals surface area contributed by atoms with Crippen molar-refractivity contribution in [2.24, 2.45) is 0 Å². The summed E-state index contributed by atoms with van der Waals surface area (Å²) in [5, 5.41) is 11.2. The Labute approximate surface area is 170 Å². The Hall–Kier alpha value is -2.41. The third kappa shape index (κ3) is 6.05. The van der Waals surface area contributed by atoms with Crippen LogP contribution in [0.3, 0.4) is 0 Å². The van der Waals surface area contributed by atoms with Crippen molar-refractivity contribution in [2.45, 2.75) is 64.8 Å². The summed E-state index contributed by atoms with van der Waals surface area (Å²) in [5.74, 6) is -0.0359. The number of nitrogens with one attached hydrogen (secondary N) is 3. The molecule has 1 aromatic heterocycles. The Bertz CT molecular complexity index is 828. The highest BCUT2D eigenvalue weighted by Crippen LogP contribution is 2.20. The summed E-state index contributed by atoms with van der Waals surface area (Å²) >= 11 is 1.39. The molecular formula is C21H28N4O2S. The van der Waals surface area contributed by atoms with E-state index in [-0.39, 0.29) is 18.0 Å². The molecule has 1 fully saturated rings. The molecule has 0 saturated heterocycles. The first-order chi connectivity index (χ1) is 13.5. The zero-order valence-corrected chi connectivity index (χ0v) is 17.3. The van der Waals surface area contributed by atoms with Gasteiger partial charge in [-0.05, 0) is 50.3 Å². The standard InChI is InChI=1S/C21H28N4O2S/c1-14-8-9-15(2)18(12-14)24-19(26)11-10-17-13-28-21(23-17)25-20(27)22-16-6-4-3-5-7-16/h8-9,12-13,16H,3-7,10-11H2,1-2H3,(H,24,26)(H2,22,23,25,27). The maximum Gasteiger partial charge on any atom is 0.321 e. The predicted molar refractivity (Wildman–Crippen MR) is 114 cm³/mol. The third-order valence-corrected chi connectivity index (χ3v) is 5.79. The average Bonchev–Trinajstić information content (AvgIpc) is 3.11. The predicted octanol–water partition coefficient (Wildman–Crippen LogP) is 4.79. The number of hydrogen-bond acceptors (Lipinski definition) is 4. The van der Waals surface area contributed by atoms with Gasteiger partial charge in [-0.25, -0.2) is 9.78 Å². The number of nitrogens with zero attached hydrogens (tertiary/aromatic N) is 1. The van der Waals surface area contributed by atoms with Crippen molar-refractivity contribution in [3.05, 3.63) is 40.4 Å². The SMILES string of the molecule is Cc1ccc(C)c(NC(=O)CCc2csc(NC(=O)NC3CCCCC3)n2)c1. The summed E-state index contributed by atoms with van der Waals surface area (Å²) in [7, 11) is 0. The number of amides is 3. The molecule has 1 aliphatic carbocycles. The van der Waals surface area contributed by atoms with Gasteiger partial charge in [0.2, 0.25) is 5.91 Å². The van der Waals surface area contributed by atoms with Crippen molar-refractivity contribution >= 4 is 34.1 Å². The highest BCUT2D eigenvalue weighted by Gasteiger charge is 2.16. The van der Waals surface area contributed by atoms with E-state index in [2.05, 4.69) is 20.9 Å². The van der Waals surface area contributed by atoms with E-state index in [0.717, 1.165) is 35.3 Å². The maximum absolute atomic E-state index is 12.2. The van der Waals surface area contributed by atoms with Crippen molar-refractivity contribution in [3.63, 3.8) is 0 Å². The van der Waals surface area contributed by atoms with Crippen LogP contribution in [0.4, 0.5) is 15.6 Å². The van der Waals surface area contributed by atoms with Crippen LogP contribution in [-0.2, 0) is 11.2 Å². The monoisotopic (exact) mass is 400 g/mol. The second-order valence-electron chi connectivity index (χ2n) is 7.44. The van der Waals surface area contributed by atoms with Crippen LogP contribution in [0.25, 0.3) is 0 Å². The fourth-order valence-electron chi connectivity index (χ4n) is 3.37. The van der Waals surface area contributed by atoms with E-state index < -0.39 is 0 Å². The van der Waals surface area contributed by atoms with Gasteiger partial charge in [0.25, 0.3) is 0 Å². The van der Waals surface area contributed by atoms with Gasteiger partial charge in [0.1, 0.15) is 0 Å². The molecule has 1 aliphatic rings. The van der Waals surface area contributed by atoms with Crippen LogP contribution in [0.2, 0.25) is 0 Å². The molecular weight excluding hydrogens is 372 g/mol. The summed E-state index contributed by atoms with van der Waals surface area (Å²) in [6, 6.07) is 6.08. The molecule has 1 saturated carbocycles. The van der Waals surface area contributed by atoms with Crippen LogP contribution in [0.15, 0.2) is 23.6 Å². The number of urea groups is 1. The maximum atomic E-state index is 12.2. The lowest BCUT2D eigenvalue weighted by Crippen LogP contribution is -2.38. The van der Waals surface area contributed by atoms with E-state index in [4.69, 9.17) is 0 Å². The Morgan fingerprint density at radius 2 is 1.93 bits per heavy atom. The first-order valence-corrected chi connectivity index (χ1v) is 10.8. The lowest BCUT2D eigenvalue weighted by molar-refractivity contribution is -0.116. The Balaban J connectivity index is 1.44. The first kappa shape index (κ1) is 20.3. The molecule has 3 rings (SSSR count). The van der Waals surface area contributed by atoms with Crippen LogP contribution in [0, 0.1) is 13.8 Å². The van der Waals surface area contributed by atoms with Crippen LogP contribution < -0.4 is 16.0 Å². The molecule has 1 heterocycles. The molecule has 0 spiro atoms. The number of hydrogen-bond donors (Lipinski definition) is 3. The second-order valence-corrected chi connectivity index (χ2v) is 8.30. The molecule has 2 aromatic rings. The van der Waals surface area contributed by atoms with Gasteiger partial charge in [0.15, 0.2) is 5.13 Å². The number of aromatic nitrogens is 1. The van der Waals surface area contributed by atoms with Gasteiger partial charge in [-0.15, -0.1) is 11.3 Å². The van der Waals surface area contributed by atoms with Crippen LogP contribution in [0.1, 0.15) is 55.3 Å². The topological polar surface area (TPSA) is 83.1 Å². The molecule has 28 heavy (non-hydrogen) atoms. The van der Waals surface area contributed by atoms with E-state index in [1.54, 1.807) is 0 Å². The van der Waals surface area contributed by atoms with Crippen molar-refractivity contribution in [1.82, 2.24) is 10.3 Å². The summed E-state index contributed by atoms with van der Waals surface area (Å²) in [5.41, 5.74) is 3.82. The number of aryl methyl sites for hydroxylation is 3. The van der Waals surface area contributed by atoms with E-state index in [0.29, 0.717) is 18.0 Å². The Morgan fingerprint density at radius 1 is 1.14 bits per heavy atom. The van der Waals surface area contributed by atoms with Crippen LogP contribution in [0.5, 0.6) is 0 Å². The molecule has 6 nitrogen and oxygen atoms in total. The zero-order chi connectivity index (χ0) is 19.9. The van der Waals surface area contributed by atoms with Crippen molar-refractivity contribution in [1.29, 1.82) is 0 Å². The van der Waals surface area contributed by atoms with Gasteiger partial charge in [0, 0.05) is 23.5 Å². The van der Waals surface area contributed by atoms with Gasteiger partial charge in [-0.1, -0.05) is 31.4 Å². The minimum Gasteiger partial charge on any atom is -0.335 e. The first-order valence-electron chi connectivity index (χ1n) is 9.88. The largest absolute Gasteiger partial charge is 0.335 e. The minimum absolute atomic E-state index is 0.0359. The highest BCUT2D eigenvalue weighted by atomic mass is 32.1. The number of carbonyl (C=O) groups excluding carboxylic acids is 2. The molecule has 0 aliphatic heterocycles. The molecule has 0 unspecified atom stereocenters. The second kappa shape index (κ2) is 9.68. The van der Waals surface area contributed by atoms with Crippen molar-refractivity contribution < 1.29 is 9.59 Å². The molecule has 3 amide bonds. The number of thiazole rings is 1. The van der Waals surface area contributed by atoms with Crippen molar-refractivity contribution in [2.75, 3.05) is 10.6 Å². The van der Waals surface area contributed by atoms with Gasteiger partial charge in [-0.2, -0.15) is 0 Å². The Morgan fingerprint density at radius 3 is 2.71 bits per heavy atom. The normalized spacial score (nSPS) is 14.5. The molecule has 0 bridgehead atoms. The van der Waals surface area contributed by atoms with Crippen molar-refractivity contribution in [3.8, 4) is 0 Å².